The van der Waals surface area contributed by atoms with E-state index in [1.807, 2.05) is 0 Å². The smallest absolute Gasteiger partial charge is 0.321 e. The predicted molar refractivity (Wildman–Crippen MR) is 103 cm³/mol. The summed E-state index contributed by atoms with van der Waals surface area (Å²) >= 11 is 7.43. The number of carbonyl (C=O) groups is 1. The molecule has 132 valence electrons. The number of halogens is 2. The molecule has 2 aromatic heterocycles. The number of benzene rings is 2. The molecule has 1 amide bonds. The summed E-state index contributed by atoms with van der Waals surface area (Å²) in [7, 11) is 3.37. The third-order valence-electron chi connectivity index (χ3n) is 4.33. The van der Waals surface area contributed by atoms with Crippen molar-refractivity contribution in [2.75, 3.05) is 5.32 Å². The zero-order valence-corrected chi connectivity index (χ0v) is 15.4. The lowest BCUT2D eigenvalue weighted by molar-refractivity contribution is 0.103. The van der Waals surface area contributed by atoms with Gasteiger partial charge in [-0.3, -0.25) is 13.9 Å². The molecular formula is C18H13ClFN3O2S. The minimum absolute atomic E-state index is 0.141. The van der Waals surface area contributed by atoms with Gasteiger partial charge in [-0.25, -0.2) is 9.18 Å². The van der Waals surface area contributed by atoms with E-state index in [1.165, 1.54) is 16.7 Å². The van der Waals surface area contributed by atoms with E-state index in [0.717, 1.165) is 16.9 Å². The summed E-state index contributed by atoms with van der Waals surface area (Å²) in [4.78, 5) is 25.0. The van der Waals surface area contributed by atoms with Crippen molar-refractivity contribution in [2.24, 2.45) is 14.1 Å². The third-order valence-corrected chi connectivity index (χ3v) is 5.98. The highest BCUT2D eigenvalue weighted by Gasteiger charge is 2.18. The molecule has 26 heavy (non-hydrogen) atoms. The van der Waals surface area contributed by atoms with Crippen LogP contribution in [0, 0.1) is 5.82 Å². The highest BCUT2D eigenvalue weighted by molar-refractivity contribution is 7.21. The number of aryl methyl sites for hydroxylation is 2. The number of hydrogen-bond donors (Lipinski definition) is 1. The van der Waals surface area contributed by atoms with Crippen molar-refractivity contribution in [3.63, 3.8) is 0 Å². The second-order valence-corrected chi connectivity index (χ2v) is 7.37. The minimum atomic E-state index is -0.378. The van der Waals surface area contributed by atoms with E-state index in [2.05, 4.69) is 5.32 Å². The summed E-state index contributed by atoms with van der Waals surface area (Å²) in [6.07, 6.45) is 0. The number of anilines is 1. The van der Waals surface area contributed by atoms with Gasteiger partial charge in [-0.1, -0.05) is 11.6 Å². The molecule has 2 heterocycles. The molecular weight excluding hydrogens is 377 g/mol. The van der Waals surface area contributed by atoms with Gasteiger partial charge in [0.25, 0.3) is 5.91 Å². The van der Waals surface area contributed by atoms with Gasteiger partial charge in [-0.15, -0.1) is 11.3 Å². The second-order valence-electron chi connectivity index (χ2n) is 5.94. The van der Waals surface area contributed by atoms with Crippen molar-refractivity contribution in [2.45, 2.75) is 0 Å². The van der Waals surface area contributed by atoms with E-state index < -0.39 is 0 Å². The van der Waals surface area contributed by atoms with Gasteiger partial charge in [0.1, 0.15) is 10.7 Å². The molecule has 0 saturated carbocycles. The molecule has 0 unspecified atom stereocenters. The summed E-state index contributed by atoms with van der Waals surface area (Å²) in [6.45, 7) is 0. The lowest BCUT2D eigenvalue weighted by atomic mass is 10.2. The van der Waals surface area contributed by atoms with Crippen LogP contribution in [0.5, 0.6) is 0 Å². The van der Waals surface area contributed by atoms with E-state index in [0.29, 0.717) is 31.2 Å². The molecule has 0 saturated heterocycles. The fourth-order valence-electron chi connectivity index (χ4n) is 2.96. The first-order chi connectivity index (χ1) is 12.4. The zero-order chi connectivity index (χ0) is 18.6. The lowest BCUT2D eigenvalue weighted by Crippen LogP contribution is -2.19. The number of hydrogen-bond acceptors (Lipinski definition) is 3. The molecule has 8 heteroatoms. The topological polar surface area (TPSA) is 56.0 Å². The Morgan fingerprint density at radius 1 is 1.12 bits per heavy atom. The van der Waals surface area contributed by atoms with Crippen LogP contribution in [0.2, 0.25) is 5.02 Å². The molecule has 0 aliphatic carbocycles. The van der Waals surface area contributed by atoms with E-state index in [-0.39, 0.29) is 17.4 Å². The average Bonchev–Trinajstić information content (AvgIpc) is 3.05. The Balaban J connectivity index is 1.72. The molecule has 0 spiro atoms. The van der Waals surface area contributed by atoms with Crippen LogP contribution < -0.4 is 11.0 Å². The van der Waals surface area contributed by atoms with Crippen molar-refractivity contribution in [1.82, 2.24) is 9.13 Å². The fraction of sp³-hybridized carbons (Fsp3) is 0.111. The van der Waals surface area contributed by atoms with Crippen LogP contribution in [0.1, 0.15) is 9.67 Å². The minimum Gasteiger partial charge on any atom is -0.321 e. The first kappa shape index (κ1) is 16.8. The standard InChI is InChI=1S/C18H13ClFN3O2S/c1-22-12-6-4-10(8-13(12)23(2)18(22)25)21-17(24)16-15(19)11-5-3-9(20)7-14(11)26-16/h3-8H,1-2H3,(H,21,24). The monoisotopic (exact) mass is 389 g/mol. The summed E-state index contributed by atoms with van der Waals surface area (Å²) in [6, 6.07) is 9.46. The Hall–Kier alpha value is -2.64. The first-order valence-electron chi connectivity index (χ1n) is 7.71. The number of thiophene rings is 1. The molecule has 4 aromatic rings. The van der Waals surface area contributed by atoms with Crippen LogP contribution >= 0.6 is 22.9 Å². The average molecular weight is 390 g/mol. The molecule has 0 fully saturated rings. The van der Waals surface area contributed by atoms with Crippen LogP contribution in [-0.4, -0.2) is 15.0 Å². The molecule has 0 bridgehead atoms. The Morgan fingerprint density at radius 3 is 2.62 bits per heavy atom. The van der Waals surface area contributed by atoms with Crippen LogP contribution in [-0.2, 0) is 14.1 Å². The maximum atomic E-state index is 13.4. The highest BCUT2D eigenvalue weighted by atomic mass is 35.5. The van der Waals surface area contributed by atoms with E-state index >= 15 is 0 Å². The summed E-state index contributed by atoms with van der Waals surface area (Å²) < 4.78 is 17.0. The molecule has 0 atom stereocenters. The van der Waals surface area contributed by atoms with Crippen molar-refractivity contribution in [1.29, 1.82) is 0 Å². The highest BCUT2D eigenvalue weighted by Crippen LogP contribution is 2.36. The number of fused-ring (bicyclic) bond motifs is 2. The van der Waals surface area contributed by atoms with Crippen molar-refractivity contribution >= 4 is 55.7 Å². The molecule has 4 rings (SSSR count). The molecule has 5 nitrogen and oxygen atoms in total. The number of rotatable bonds is 2. The molecule has 2 aromatic carbocycles. The number of nitrogens with zero attached hydrogens (tertiary/aromatic N) is 2. The maximum absolute atomic E-state index is 13.4. The number of carbonyl (C=O) groups excluding carboxylic acids is 1. The maximum Gasteiger partial charge on any atom is 0.328 e. The Kier molecular flexibility index (Phi) is 3.86. The number of imidazole rings is 1. The van der Waals surface area contributed by atoms with Crippen LogP contribution in [0.3, 0.4) is 0 Å². The molecule has 1 N–H and O–H groups in total. The zero-order valence-electron chi connectivity index (χ0n) is 13.8. The quantitative estimate of drug-likeness (QED) is 0.560. The van der Waals surface area contributed by atoms with Gasteiger partial charge in [0.15, 0.2) is 0 Å². The van der Waals surface area contributed by atoms with Gasteiger partial charge in [0, 0.05) is 29.9 Å². The SMILES string of the molecule is Cn1c(=O)n(C)c2cc(NC(=O)c3sc4cc(F)ccc4c3Cl)ccc21. The third kappa shape index (κ3) is 2.51. The fourth-order valence-corrected chi connectivity index (χ4v) is 4.39. The lowest BCUT2D eigenvalue weighted by Gasteiger charge is -2.05. The van der Waals surface area contributed by atoms with E-state index in [1.54, 1.807) is 42.9 Å². The van der Waals surface area contributed by atoms with Gasteiger partial charge in [-0.2, -0.15) is 0 Å². The second kappa shape index (κ2) is 5.96. The molecule has 0 aliphatic heterocycles. The van der Waals surface area contributed by atoms with Crippen LogP contribution in [0.15, 0.2) is 41.2 Å². The van der Waals surface area contributed by atoms with Gasteiger partial charge in [-0.05, 0) is 36.4 Å². The first-order valence-corrected chi connectivity index (χ1v) is 8.90. The van der Waals surface area contributed by atoms with Gasteiger partial charge >= 0.3 is 5.69 Å². The Morgan fingerprint density at radius 2 is 1.85 bits per heavy atom. The normalized spacial score (nSPS) is 11.4. The van der Waals surface area contributed by atoms with Crippen molar-refractivity contribution in [3.8, 4) is 0 Å². The summed E-state index contributed by atoms with van der Waals surface area (Å²) in [5.74, 6) is -0.755. The number of aromatic nitrogens is 2. The van der Waals surface area contributed by atoms with Crippen LogP contribution in [0.4, 0.5) is 10.1 Å². The molecule has 0 radical (unpaired) electrons. The van der Waals surface area contributed by atoms with E-state index in [9.17, 15) is 14.0 Å². The van der Waals surface area contributed by atoms with Crippen molar-refractivity contribution in [3.05, 3.63) is 62.6 Å². The Bertz CT molecular complexity index is 1260. The van der Waals surface area contributed by atoms with Crippen LogP contribution in [0.25, 0.3) is 21.1 Å². The molecule has 0 aliphatic rings. The Labute approximate surface area is 156 Å². The van der Waals surface area contributed by atoms with Gasteiger partial charge < -0.3 is 5.32 Å². The summed E-state index contributed by atoms with van der Waals surface area (Å²) in [5, 5.41) is 3.74. The predicted octanol–water partition coefficient (Wildman–Crippen LogP) is 4.14. The van der Waals surface area contributed by atoms with Gasteiger partial charge in [0.05, 0.1) is 16.1 Å². The van der Waals surface area contributed by atoms with E-state index in [4.69, 9.17) is 11.6 Å². The summed E-state index contributed by atoms with van der Waals surface area (Å²) in [5.41, 5.74) is 1.88. The van der Waals surface area contributed by atoms with Gasteiger partial charge in [0.2, 0.25) is 0 Å². The largest absolute Gasteiger partial charge is 0.328 e. The number of nitrogens with one attached hydrogen (secondary N) is 1. The van der Waals surface area contributed by atoms with Crippen molar-refractivity contribution < 1.29 is 9.18 Å². The number of amides is 1.